The molecular weight excluding hydrogens is 378 g/mol. The second-order valence-electron chi connectivity index (χ2n) is 5.58. The number of anilines is 1. The third-order valence-corrected chi connectivity index (χ3v) is 4.52. The number of halogens is 3. The first-order valence-corrected chi connectivity index (χ1v) is 8.45. The van der Waals surface area contributed by atoms with Crippen molar-refractivity contribution >= 4 is 34.9 Å². The van der Waals surface area contributed by atoms with E-state index in [1.54, 1.807) is 54.3 Å². The molecule has 1 heterocycles. The van der Waals surface area contributed by atoms with Gasteiger partial charge < -0.3 is 15.2 Å². The van der Waals surface area contributed by atoms with Crippen molar-refractivity contribution in [2.45, 2.75) is 6.04 Å². The van der Waals surface area contributed by atoms with Crippen molar-refractivity contribution in [1.82, 2.24) is 14.9 Å². The summed E-state index contributed by atoms with van der Waals surface area (Å²) < 4.78 is 16.0. The van der Waals surface area contributed by atoms with Gasteiger partial charge in [0, 0.05) is 30.7 Å². The fourth-order valence-electron chi connectivity index (χ4n) is 2.52. The molecule has 26 heavy (non-hydrogen) atoms. The van der Waals surface area contributed by atoms with Crippen LogP contribution in [0.15, 0.2) is 54.9 Å². The molecule has 0 unspecified atom stereocenters. The molecule has 0 fully saturated rings. The molecule has 2 aromatic carbocycles. The minimum absolute atomic E-state index is 0.311. The van der Waals surface area contributed by atoms with Crippen LogP contribution >= 0.6 is 23.2 Å². The summed E-state index contributed by atoms with van der Waals surface area (Å²) in [6.07, 6.45) is 3.31. The average molecular weight is 393 g/mol. The molecule has 1 atom stereocenters. The number of carbonyl (C=O) groups excluding carboxylic acids is 1. The van der Waals surface area contributed by atoms with Crippen LogP contribution in [0.5, 0.6) is 0 Å². The van der Waals surface area contributed by atoms with Crippen LogP contribution in [0, 0.1) is 5.82 Å². The topological polar surface area (TPSA) is 59.0 Å². The summed E-state index contributed by atoms with van der Waals surface area (Å²) in [7, 11) is 1.77. The van der Waals surface area contributed by atoms with Crippen molar-refractivity contribution in [2.24, 2.45) is 7.05 Å². The van der Waals surface area contributed by atoms with Crippen LogP contribution in [0.1, 0.15) is 17.4 Å². The Kier molecular flexibility index (Phi) is 5.44. The lowest BCUT2D eigenvalue weighted by atomic mass is 10.1. The smallest absolute Gasteiger partial charge is 0.320 e. The number of benzene rings is 2. The third-order valence-electron chi connectivity index (χ3n) is 3.79. The van der Waals surface area contributed by atoms with Gasteiger partial charge in [0.1, 0.15) is 17.7 Å². The minimum Gasteiger partial charge on any atom is -0.336 e. The zero-order valence-corrected chi connectivity index (χ0v) is 15.2. The number of urea groups is 1. The summed E-state index contributed by atoms with van der Waals surface area (Å²) >= 11 is 11.8. The first-order chi connectivity index (χ1) is 12.5. The lowest BCUT2D eigenvalue weighted by Gasteiger charge is -2.20. The molecule has 2 N–H and O–H groups in total. The highest BCUT2D eigenvalue weighted by Gasteiger charge is 2.23. The van der Waals surface area contributed by atoms with E-state index in [9.17, 15) is 9.18 Å². The molecule has 0 aliphatic heterocycles. The molecule has 0 radical (unpaired) electrons. The van der Waals surface area contributed by atoms with Crippen molar-refractivity contribution in [2.75, 3.05) is 5.32 Å². The zero-order valence-electron chi connectivity index (χ0n) is 13.7. The highest BCUT2D eigenvalue weighted by atomic mass is 35.5. The fraction of sp³-hybridized carbons (Fsp3) is 0.111. The Balaban J connectivity index is 1.86. The first-order valence-electron chi connectivity index (χ1n) is 7.70. The van der Waals surface area contributed by atoms with Gasteiger partial charge in [0.05, 0.1) is 10.0 Å². The van der Waals surface area contributed by atoms with Gasteiger partial charge in [0.25, 0.3) is 0 Å². The van der Waals surface area contributed by atoms with E-state index in [0.717, 1.165) is 0 Å². The molecule has 3 aromatic rings. The lowest BCUT2D eigenvalue weighted by molar-refractivity contribution is 0.249. The van der Waals surface area contributed by atoms with E-state index in [0.29, 0.717) is 27.1 Å². The molecule has 134 valence electrons. The second-order valence-corrected chi connectivity index (χ2v) is 6.39. The number of aryl methyl sites for hydroxylation is 1. The Hall–Kier alpha value is -2.57. The third kappa shape index (κ3) is 3.98. The summed E-state index contributed by atoms with van der Waals surface area (Å²) in [4.78, 5) is 16.7. The number of amides is 2. The number of nitrogens with zero attached hydrogens (tertiary/aromatic N) is 2. The van der Waals surface area contributed by atoms with Crippen LogP contribution in [-0.4, -0.2) is 15.6 Å². The SMILES string of the molecule is Cn1ccnc1[C@H](NC(=O)Nc1ccc(Cl)c(Cl)c1)c1ccccc1F. The minimum atomic E-state index is -0.765. The van der Waals surface area contributed by atoms with Crippen LogP contribution in [-0.2, 0) is 7.05 Å². The van der Waals surface area contributed by atoms with Crippen LogP contribution in [0.25, 0.3) is 0 Å². The van der Waals surface area contributed by atoms with Gasteiger partial charge in [-0.05, 0) is 24.3 Å². The van der Waals surface area contributed by atoms with Crippen LogP contribution in [0.4, 0.5) is 14.9 Å². The van der Waals surface area contributed by atoms with Crippen molar-refractivity contribution in [3.05, 3.63) is 82.1 Å². The molecule has 0 saturated heterocycles. The molecule has 8 heteroatoms. The number of nitrogens with one attached hydrogen (secondary N) is 2. The van der Waals surface area contributed by atoms with E-state index in [2.05, 4.69) is 15.6 Å². The number of carbonyl (C=O) groups is 1. The van der Waals surface area contributed by atoms with Gasteiger partial charge in [-0.3, -0.25) is 0 Å². The van der Waals surface area contributed by atoms with Crippen LogP contribution in [0.3, 0.4) is 0 Å². The summed E-state index contributed by atoms with van der Waals surface area (Å²) in [5.74, 6) is 0.0646. The van der Waals surface area contributed by atoms with E-state index < -0.39 is 17.9 Å². The van der Waals surface area contributed by atoms with E-state index in [4.69, 9.17) is 23.2 Å². The molecule has 0 aliphatic rings. The molecule has 5 nitrogen and oxygen atoms in total. The first kappa shape index (κ1) is 18.2. The highest BCUT2D eigenvalue weighted by Crippen LogP contribution is 2.26. The Morgan fingerprint density at radius 1 is 1.19 bits per heavy atom. The van der Waals surface area contributed by atoms with Crippen molar-refractivity contribution < 1.29 is 9.18 Å². The quantitative estimate of drug-likeness (QED) is 0.671. The van der Waals surface area contributed by atoms with E-state index >= 15 is 0 Å². The summed E-state index contributed by atoms with van der Waals surface area (Å²) in [5, 5.41) is 6.11. The molecular formula is C18H15Cl2FN4O. The van der Waals surface area contributed by atoms with Gasteiger partial charge in [-0.2, -0.15) is 0 Å². The monoisotopic (exact) mass is 392 g/mol. The molecule has 0 bridgehead atoms. The Labute approximate surface area is 159 Å². The lowest BCUT2D eigenvalue weighted by Crippen LogP contribution is -2.35. The molecule has 0 aliphatic carbocycles. The van der Waals surface area contributed by atoms with Crippen molar-refractivity contribution in [1.29, 1.82) is 0 Å². The molecule has 0 spiro atoms. The number of imidazole rings is 1. The largest absolute Gasteiger partial charge is 0.336 e. The number of hydrogen-bond donors (Lipinski definition) is 2. The van der Waals surface area contributed by atoms with E-state index in [1.807, 2.05) is 0 Å². The van der Waals surface area contributed by atoms with Gasteiger partial charge in [0.2, 0.25) is 0 Å². The van der Waals surface area contributed by atoms with Gasteiger partial charge in [-0.1, -0.05) is 41.4 Å². The average Bonchev–Trinajstić information content (AvgIpc) is 3.03. The molecule has 0 saturated carbocycles. The number of aromatic nitrogens is 2. The molecule has 2 amide bonds. The van der Waals surface area contributed by atoms with Gasteiger partial charge >= 0.3 is 6.03 Å². The Bertz CT molecular complexity index is 944. The number of hydrogen-bond acceptors (Lipinski definition) is 2. The van der Waals surface area contributed by atoms with Gasteiger partial charge in [-0.15, -0.1) is 0 Å². The normalized spacial score (nSPS) is 11.8. The fourth-order valence-corrected chi connectivity index (χ4v) is 2.82. The Morgan fingerprint density at radius 2 is 1.96 bits per heavy atom. The maximum atomic E-state index is 14.3. The second kappa shape index (κ2) is 7.76. The number of rotatable bonds is 4. The van der Waals surface area contributed by atoms with Crippen LogP contribution < -0.4 is 10.6 Å². The predicted octanol–water partition coefficient (Wildman–Crippen LogP) is 4.78. The molecule has 1 aromatic heterocycles. The summed E-state index contributed by atoms with van der Waals surface area (Å²) in [6.45, 7) is 0. The predicted molar refractivity (Wildman–Crippen MR) is 100 cm³/mol. The van der Waals surface area contributed by atoms with Gasteiger partial charge in [0.15, 0.2) is 0 Å². The maximum absolute atomic E-state index is 14.3. The zero-order chi connectivity index (χ0) is 18.7. The molecule has 3 rings (SSSR count). The van der Waals surface area contributed by atoms with E-state index in [-0.39, 0.29) is 0 Å². The standard InChI is InChI=1S/C18H15Cl2FN4O/c1-25-9-8-22-17(25)16(12-4-2-3-5-15(12)21)24-18(26)23-11-6-7-13(19)14(20)10-11/h2-10,16H,1H3,(H2,23,24,26)/t16-/m1/s1. The van der Waals surface area contributed by atoms with Crippen molar-refractivity contribution in [3.63, 3.8) is 0 Å². The highest BCUT2D eigenvalue weighted by molar-refractivity contribution is 6.42. The maximum Gasteiger partial charge on any atom is 0.320 e. The summed E-state index contributed by atoms with van der Waals surface area (Å²) in [5.41, 5.74) is 0.773. The summed E-state index contributed by atoms with van der Waals surface area (Å²) in [6, 6.07) is 9.66. The van der Waals surface area contributed by atoms with Gasteiger partial charge in [-0.25, -0.2) is 14.2 Å². The van der Waals surface area contributed by atoms with Crippen LogP contribution in [0.2, 0.25) is 10.0 Å². The van der Waals surface area contributed by atoms with E-state index in [1.165, 1.54) is 12.1 Å². The van der Waals surface area contributed by atoms with Crippen molar-refractivity contribution in [3.8, 4) is 0 Å². The Morgan fingerprint density at radius 3 is 2.62 bits per heavy atom.